The van der Waals surface area contributed by atoms with Gasteiger partial charge in [-0.2, -0.15) is 0 Å². The van der Waals surface area contributed by atoms with E-state index in [-0.39, 0.29) is 5.92 Å². The highest BCUT2D eigenvalue weighted by molar-refractivity contribution is 6.12. The van der Waals surface area contributed by atoms with Crippen molar-refractivity contribution in [3.63, 3.8) is 0 Å². The van der Waals surface area contributed by atoms with Crippen LogP contribution < -0.4 is 0 Å². The molecule has 0 bridgehead atoms. The molecule has 0 radical (unpaired) electrons. The van der Waals surface area contributed by atoms with Crippen molar-refractivity contribution in [2.75, 3.05) is 6.54 Å². The average Bonchev–Trinajstić information content (AvgIpc) is 2.49. The highest BCUT2D eigenvalue weighted by Crippen LogP contribution is 2.11. The number of hydrogen-bond donors (Lipinski definition) is 0. The van der Waals surface area contributed by atoms with E-state index in [2.05, 4.69) is 30.2 Å². The van der Waals surface area contributed by atoms with Gasteiger partial charge in [-0.3, -0.25) is 4.99 Å². The van der Waals surface area contributed by atoms with Gasteiger partial charge >= 0.3 is 0 Å². The zero-order valence-electron chi connectivity index (χ0n) is 11.1. The molecular weight excluding hydrogens is 230 g/mol. The summed E-state index contributed by atoms with van der Waals surface area (Å²) in [5.41, 5.74) is 3.25. The van der Waals surface area contributed by atoms with Crippen LogP contribution in [0, 0.1) is 18.3 Å². The second-order valence-electron chi connectivity index (χ2n) is 4.49. The number of hydrogen-bond acceptors (Lipinski definition) is 1. The van der Waals surface area contributed by atoms with Crippen molar-refractivity contribution in [1.82, 2.24) is 0 Å². The van der Waals surface area contributed by atoms with Crippen LogP contribution in [0.4, 0.5) is 0 Å². The van der Waals surface area contributed by atoms with E-state index in [1.54, 1.807) is 0 Å². The SMILES string of the molecule is C#C[C@@H](C)CN=C(c1ccccc1)c1ccccc1. The van der Waals surface area contributed by atoms with Gasteiger partial charge in [0, 0.05) is 17.0 Å². The quantitative estimate of drug-likeness (QED) is 0.575. The van der Waals surface area contributed by atoms with Crippen LogP contribution in [0.25, 0.3) is 0 Å². The molecule has 19 heavy (non-hydrogen) atoms. The first-order chi connectivity index (χ1) is 9.31. The van der Waals surface area contributed by atoms with Crippen molar-refractivity contribution >= 4 is 5.71 Å². The van der Waals surface area contributed by atoms with E-state index in [1.165, 1.54) is 0 Å². The first-order valence-corrected chi connectivity index (χ1v) is 6.42. The van der Waals surface area contributed by atoms with E-state index in [0.29, 0.717) is 6.54 Å². The molecule has 0 fully saturated rings. The van der Waals surface area contributed by atoms with E-state index in [9.17, 15) is 0 Å². The summed E-state index contributed by atoms with van der Waals surface area (Å²) < 4.78 is 0. The second-order valence-corrected chi connectivity index (χ2v) is 4.49. The van der Waals surface area contributed by atoms with E-state index in [0.717, 1.165) is 16.8 Å². The molecule has 0 saturated carbocycles. The van der Waals surface area contributed by atoms with Crippen LogP contribution in [-0.4, -0.2) is 12.3 Å². The van der Waals surface area contributed by atoms with E-state index in [4.69, 9.17) is 11.4 Å². The Morgan fingerprint density at radius 1 is 1.00 bits per heavy atom. The highest BCUT2D eigenvalue weighted by Gasteiger charge is 2.06. The van der Waals surface area contributed by atoms with Gasteiger partial charge in [0.15, 0.2) is 0 Å². The fourth-order valence-corrected chi connectivity index (χ4v) is 1.82. The van der Waals surface area contributed by atoms with Crippen molar-refractivity contribution in [3.05, 3.63) is 71.8 Å². The first-order valence-electron chi connectivity index (χ1n) is 6.42. The van der Waals surface area contributed by atoms with E-state index < -0.39 is 0 Å². The minimum absolute atomic E-state index is 0.155. The van der Waals surface area contributed by atoms with Gasteiger partial charge in [-0.1, -0.05) is 60.7 Å². The average molecular weight is 247 g/mol. The van der Waals surface area contributed by atoms with Gasteiger partial charge < -0.3 is 0 Å². The van der Waals surface area contributed by atoms with Crippen LogP contribution in [-0.2, 0) is 0 Å². The zero-order chi connectivity index (χ0) is 13.5. The minimum Gasteiger partial charge on any atom is -0.283 e. The number of benzene rings is 2. The molecule has 0 unspecified atom stereocenters. The summed E-state index contributed by atoms with van der Waals surface area (Å²) in [6, 6.07) is 20.4. The molecule has 2 aromatic rings. The highest BCUT2D eigenvalue weighted by atomic mass is 14.7. The molecule has 0 N–H and O–H groups in total. The molecule has 0 heterocycles. The summed E-state index contributed by atoms with van der Waals surface area (Å²) in [5.74, 6) is 2.87. The molecule has 0 aliphatic carbocycles. The van der Waals surface area contributed by atoms with Gasteiger partial charge in [-0.05, 0) is 6.92 Å². The lowest BCUT2D eigenvalue weighted by atomic mass is 10.0. The smallest absolute Gasteiger partial charge is 0.0719 e. The maximum absolute atomic E-state index is 5.42. The summed E-state index contributed by atoms with van der Waals surface area (Å²) in [6.07, 6.45) is 5.42. The number of nitrogens with zero attached hydrogens (tertiary/aromatic N) is 1. The van der Waals surface area contributed by atoms with Crippen LogP contribution in [0.15, 0.2) is 65.7 Å². The maximum Gasteiger partial charge on any atom is 0.0719 e. The second kappa shape index (κ2) is 6.56. The number of aliphatic imine (C=N–C) groups is 1. The molecule has 0 spiro atoms. The molecule has 2 rings (SSSR count). The van der Waals surface area contributed by atoms with E-state index >= 15 is 0 Å². The molecule has 0 amide bonds. The molecule has 0 saturated heterocycles. The van der Waals surface area contributed by atoms with Gasteiger partial charge in [-0.15, -0.1) is 12.3 Å². The predicted octanol–water partition coefficient (Wildman–Crippen LogP) is 3.79. The zero-order valence-corrected chi connectivity index (χ0v) is 11.1. The van der Waals surface area contributed by atoms with Crippen molar-refractivity contribution < 1.29 is 0 Å². The largest absolute Gasteiger partial charge is 0.283 e. The molecule has 0 aliphatic rings. The Morgan fingerprint density at radius 2 is 1.47 bits per heavy atom. The minimum atomic E-state index is 0.155. The van der Waals surface area contributed by atoms with Gasteiger partial charge in [0.1, 0.15) is 0 Å². The number of terminal acetylenes is 1. The molecule has 1 heteroatoms. The topological polar surface area (TPSA) is 12.4 Å². The Morgan fingerprint density at radius 3 is 1.89 bits per heavy atom. The fourth-order valence-electron chi connectivity index (χ4n) is 1.82. The lowest BCUT2D eigenvalue weighted by molar-refractivity contribution is 0.769. The Bertz CT molecular complexity index is 535. The van der Waals surface area contributed by atoms with Crippen molar-refractivity contribution in [3.8, 4) is 12.3 Å². The standard InChI is InChI=1S/C18H17N/c1-3-15(2)14-19-18(16-10-6-4-7-11-16)17-12-8-5-9-13-17/h1,4-13,15H,14H2,2H3/t15-/m1/s1. The molecule has 94 valence electrons. The molecule has 1 nitrogen and oxygen atoms in total. The van der Waals surface area contributed by atoms with Gasteiger partial charge in [0.2, 0.25) is 0 Å². The van der Waals surface area contributed by atoms with Crippen molar-refractivity contribution in [2.45, 2.75) is 6.92 Å². The third-order valence-corrected chi connectivity index (χ3v) is 2.90. The molecule has 0 aromatic heterocycles. The van der Waals surface area contributed by atoms with E-state index in [1.807, 2.05) is 43.3 Å². The third-order valence-electron chi connectivity index (χ3n) is 2.90. The summed E-state index contributed by atoms with van der Waals surface area (Å²) in [7, 11) is 0. The Hall–Kier alpha value is -2.33. The van der Waals surface area contributed by atoms with Crippen molar-refractivity contribution in [2.24, 2.45) is 10.9 Å². The number of rotatable bonds is 4. The summed E-state index contributed by atoms with van der Waals surface area (Å²) in [4.78, 5) is 4.71. The Balaban J connectivity index is 2.38. The molecular formula is C18H17N. The first kappa shape index (κ1) is 13.1. The van der Waals surface area contributed by atoms with Crippen LogP contribution in [0.3, 0.4) is 0 Å². The van der Waals surface area contributed by atoms with Gasteiger partial charge in [0.25, 0.3) is 0 Å². The monoisotopic (exact) mass is 247 g/mol. The van der Waals surface area contributed by atoms with Gasteiger partial charge in [-0.25, -0.2) is 0 Å². The summed E-state index contributed by atoms with van der Waals surface area (Å²) in [5, 5.41) is 0. The fraction of sp³-hybridized carbons (Fsp3) is 0.167. The predicted molar refractivity (Wildman–Crippen MR) is 81.4 cm³/mol. The summed E-state index contributed by atoms with van der Waals surface area (Å²) >= 11 is 0. The Kier molecular flexibility index (Phi) is 4.53. The van der Waals surface area contributed by atoms with Crippen LogP contribution in [0.2, 0.25) is 0 Å². The molecule has 2 aromatic carbocycles. The van der Waals surface area contributed by atoms with Crippen LogP contribution in [0.5, 0.6) is 0 Å². The van der Waals surface area contributed by atoms with Crippen LogP contribution >= 0.6 is 0 Å². The Labute approximate surface area is 115 Å². The van der Waals surface area contributed by atoms with Gasteiger partial charge in [0.05, 0.1) is 12.3 Å². The summed E-state index contributed by atoms with van der Waals surface area (Å²) in [6.45, 7) is 2.66. The lowest BCUT2D eigenvalue weighted by Crippen LogP contribution is -2.06. The normalized spacial score (nSPS) is 11.4. The lowest BCUT2D eigenvalue weighted by Gasteiger charge is -2.08. The van der Waals surface area contributed by atoms with Crippen molar-refractivity contribution in [1.29, 1.82) is 0 Å². The molecule has 1 atom stereocenters. The maximum atomic E-state index is 5.42. The third kappa shape index (κ3) is 3.56. The van der Waals surface area contributed by atoms with Crippen LogP contribution in [0.1, 0.15) is 18.1 Å². The molecule has 0 aliphatic heterocycles.